The van der Waals surface area contributed by atoms with E-state index in [9.17, 15) is 0 Å². The van der Waals surface area contributed by atoms with Gasteiger partial charge in [-0.1, -0.05) is 25.5 Å². The van der Waals surface area contributed by atoms with Gasteiger partial charge in [-0.25, -0.2) is 0 Å². The van der Waals surface area contributed by atoms with E-state index in [1.165, 1.54) is 19.3 Å². The first-order chi connectivity index (χ1) is 6.06. The van der Waals surface area contributed by atoms with Gasteiger partial charge in [0.25, 0.3) is 0 Å². The van der Waals surface area contributed by atoms with Crippen molar-refractivity contribution in [2.45, 2.75) is 40.0 Å². The van der Waals surface area contributed by atoms with Gasteiger partial charge in [0.2, 0.25) is 0 Å². The van der Waals surface area contributed by atoms with Crippen LogP contribution in [0.1, 0.15) is 40.0 Å². The van der Waals surface area contributed by atoms with E-state index in [4.69, 9.17) is 4.74 Å². The molecule has 1 nitrogen and oxygen atoms in total. The highest BCUT2D eigenvalue weighted by molar-refractivity contribution is 5.04. The second-order valence-electron chi connectivity index (χ2n) is 4.94. The van der Waals surface area contributed by atoms with E-state index < -0.39 is 0 Å². The Morgan fingerprint density at radius 1 is 1.54 bits per heavy atom. The molecule has 0 aromatic rings. The summed E-state index contributed by atoms with van der Waals surface area (Å²) in [6.45, 7) is 7.75. The Kier molecular flexibility index (Phi) is 3.55. The van der Waals surface area contributed by atoms with Crippen molar-refractivity contribution in [3.8, 4) is 0 Å². The van der Waals surface area contributed by atoms with E-state index in [2.05, 4.69) is 26.8 Å². The van der Waals surface area contributed by atoms with E-state index in [0.29, 0.717) is 5.41 Å². The number of hydrogen-bond acceptors (Lipinski definition) is 1. The molecule has 0 heterocycles. The lowest BCUT2D eigenvalue weighted by molar-refractivity contribution is 0.0548. The standard InChI is InChI=1S/C12H22O/c1-10-5-7-11(8-6-10)12(2,3)9-13-4/h5,11H,6-9H2,1-4H3. The van der Waals surface area contributed by atoms with Crippen LogP contribution in [0.4, 0.5) is 0 Å². The minimum absolute atomic E-state index is 0.339. The fourth-order valence-electron chi connectivity index (χ4n) is 2.16. The Hall–Kier alpha value is -0.300. The van der Waals surface area contributed by atoms with Crippen molar-refractivity contribution in [3.63, 3.8) is 0 Å². The molecule has 13 heavy (non-hydrogen) atoms. The third-order valence-corrected chi connectivity index (χ3v) is 3.26. The molecule has 1 heteroatoms. The van der Waals surface area contributed by atoms with Gasteiger partial charge in [-0.3, -0.25) is 0 Å². The van der Waals surface area contributed by atoms with Crippen LogP contribution in [-0.4, -0.2) is 13.7 Å². The third kappa shape index (κ3) is 2.84. The lowest BCUT2D eigenvalue weighted by Gasteiger charge is -2.35. The molecule has 1 unspecified atom stereocenters. The number of hydrogen-bond donors (Lipinski definition) is 0. The molecule has 0 aliphatic heterocycles. The number of methoxy groups -OCH3 is 1. The lowest BCUT2D eigenvalue weighted by Crippen LogP contribution is -2.29. The summed E-state index contributed by atoms with van der Waals surface area (Å²) < 4.78 is 5.27. The van der Waals surface area contributed by atoms with Gasteiger partial charge in [-0.2, -0.15) is 0 Å². The fourth-order valence-corrected chi connectivity index (χ4v) is 2.16. The summed E-state index contributed by atoms with van der Waals surface area (Å²) in [6.07, 6.45) is 6.24. The molecule has 0 aromatic heterocycles. The molecule has 0 bridgehead atoms. The summed E-state index contributed by atoms with van der Waals surface area (Å²) >= 11 is 0. The van der Waals surface area contributed by atoms with Gasteiger partial charge >= 0.3 is 0 Å². The van der Waals surface area contributed by atoms with Crippen molar-refractivity contribution in [1.29, 1.82) is 0 Å². The van der Waals surface area contributed by atoms with Crippen LogP contribution in [0.15, 0.2) is 11.6 Å². The van der Waals surface area contributed by atoms with Crippen LogP contribution >= 0.6 is 0 Å². The summed E-state index contributed by atoms with van der Waals surface area (Å²) in [5.74, 6) is 0.802. The number of rotatable bonds is 3. The maximum Gasteiger partial charge on any atom is 0.0516 e. The first kappa shape index (κ1) is 10.8. The SMILES string of the molecule is COCC(C)(C)C1CC=C(C)CC1. The maximum absolute atomic E-state index is 5.27. The molecule has 0 aromatic carbocycles. The molecule has 1 aliphatic carbocycles. The van der Waals surface area contributed by atoms with Gasteiger partial charge in [-0.05, 0) is 37.5 Å². The Morgan fingerprint density at radius 2 is 2.23 bits per heavy atom. The van der Waals surface area contributed by atoms with Crippen LogP contribution in [-0.2, 0) is 4.74 Å². The summed E-state index contributed by atoms with van der Waals surface area (Å²) in [6, 6.07) is 0. The lowest BCUT2D eigenvalue weighted by atomic mass is 9.72. The molecular formula is C12H22O. The second-order valence-corrected chi connectivity index (χ2v) is 4.94. The Bertz CT molecular complexity index is 191. The molecule has 76 valence electrons. The van der Waals surface area contributed by atoms with Gasteiger partial charge < -0.3 is 4.74 Å². The van der Waals surface area contributed by atoms with Crippen molar-refractivity contribution in [1.82, 2.24) is 0 Å². The van der Waals surface area contributed by atoms with E-state index in [1.54, 1.807) is 12.7 Å². The molecule has 0 spiro atoms. The molecule has 0 amide bonds. The number of allylic oxidation sites excluding steroid dienone is 2. The fraction of sp³-hybridized carbons (Fsp3) is 0.833. The van der Waals surface area contributed by atoms with Crippen LogP contribution in [0.3, 0.4) is 0 Å². The van der Waals surface area contributed by atoms with Crippen molar-refractivity contribution in [2.75, 3.05) is 13.7 Å². The molecule has 0 radical (unpaired) electrons. The maximum atomic E-state index is 5.27. The van der Waals surface area contributed by atoms with Crippen molar-refractivity contribution in [3.05, 3.63) is 11.6 Å². The molecule has 1 aliphatic rings. The minimum atomic E-state index is 0.339. The smallest absolute Gasteiger partial charge is 0.0516 e. The largest absolute Gasteiger partial charge is 0.384 e. The van der Waals surface area contributed by atoms with E-state index in [1.807, 2.05) is 0 Å². The topological polar surface area (TPSA) is 9.23 Å². The molecule has 0 fully saturated rings. The summed E-state index contributed by atoms with van der Waals surface area (Å²) in [4.78, 5) is 0. The van der Waals surface area contributed by atoms with E-state index in [-0.39, 0.29) is 0 Å². The minimum Gasteiger partial charge on any atom is -0.384 e. The summed E-state index contributed by atoms with van der Waals surface area (Å²) in [7, 11) is 1.80. The van der Waals surface area contributed by atoms with Crippen LogP contribution in [0.2, 0.25) is 0 Å². The summed E-state index contributed by atoms with van der Waals surface area (Å²) in [5, 5.41) is 0. The zero-order valence-corrected chi connectivity index (χ0v) is 9.39. The third-order valence-electron chi connectivity index (χ3n) is 3.26. The predicted octanol–water partition coefficient (Wildman–Crippen LogP) is 3.41. The van der Waals surface area contributed by atoms with Crippen molar-refractivity contribution in [2.24, 2.45) is 11.3 Å². The van der Waals surface area contributed by atoms with Gasteiger partial charge in [0.1, 0.15) is 0 Å². The highest BCUT2D eigenvalue weighted by atomic mass is 16.5. The molecule has 0 N–H and O–H groups in total. The second kappa shape index (κ2) is 4.28. The van der Waals surface area contributed by atoms with Gasteiger partial charge in [0, 0.05) is 7.11 Å². The van der Waals surface area contributed by atoms with Crippen LogP contribution in [0, 0.1) is 11.3 Å². The van der Waals surface area contributed by atoms with Gasteiger partial charge in [0.15, 0.2) is 0 Å². The average molecular weight is 182 g/mol. The predicted molar refractivity (Wildman–Crippen MR) is 56.8 cm³/mol. The first-order valence-corrected chi connectivity index (χ1v) is 5.21. The zero-order chi connectivity index (χ0) is 9.90. The first-order valence-electron chi connectivity index (χ1n) is 5.21. The number of ether oxygens (including phenoxy) is 1. The van der Waals surface area contributed by atoms with E-state index in [0.717, 1.165) is 12.5 Å². The Morgan fingerprint density at radius 3 is 2.69 bits per heavy atom. The quantitative estimate of drug-likeness (QED) is 0.608. The Balaban J connectivity index is 2.53. The Labute approximate surface area is 82.2 Å². The van der Waals surface area contributed by atoms with Gasteiger partial charge in [-0.15, -0.1) is 0 Å². The normalized spacial score (nSPS) is 24.3. The summed E-state index contributed by atoms with van der Waals surface area (Å²) in [5.41, 5.74) is 1.90. The average Bonchev–Trinajstić information content (AvgIpc) is 2.05. The highest BCUT2D eigenvalue weighted by Crippen LogP contribution is 2.37. The van der Waals surface area contributed by atoms with Crippen molar-refractivity contribution < 1.29 is 4.74 Å². The van der Waals surface area contributed by atoms with Crippen molar-refractivity contribution >= 4 is 0 Å². The molecule has 1 atom stereocenters. The highest BCUT2D eigenvalue weighted by Gasteiger charge is 2.29. The van der Waals surface area contributed by atoms with Crippen LogP contribution < -0.4 is 0 Å². The monoisotopic (exact) mass is 182 g/mol. The molecule has 0 saturated carbocycles. The molecule has 1 rings (SSSR count). The van der Waals surface area contributed by atoms with Crippen LogP contribution in [0.25, 0.3) is 0 Å². The zero-order valence-electron chi connectivity index (χ0n) is 9.39. The van der Waals surface area contributed by atoms with E-state index >= 15 is 0 Å². The van der Waals surface area contributed by atoms with Gasteiger partial charge in [0.05, 0.1) is 6.61 Å². The molecule has 0 saturated heterocycles. The van der Waals surface area contributed by atoms with Crippen LogP contribution in [0.5, 0.6) is 0 Å². The molecular weight excluding hydrogens is 160 g/mol.